The van der Waals surface area contributed by atoms with E-state index in [4.69, 9.17) is 32.7 Å². The summed E-state index contributed by atoms with van der Waals surface area (Å²) in [4.78, 5) is 21.7. The van der Waals surface area contributed by atoms with Crippen LogP contribution in [0.25, 0.3) is 0 Å². The molecule has 1 atom stereocenters. The van der Waals surface area contributed by atoms with Gasteiger partial charge in [0.15, 0.2) is 0 Å². The molecule has 2 aliphatic heterocycles. The number of pyridine rings is 1. The molecule has 8 heteroatoms. The number of halogens is 2. The zero-order valence-electron chi connectivity index (χ0n) is 19.7. The van der Waals surface area contributed by atoms with Crippen LogP contribution in [0.4, 0.5) is 0 Å². The van der Waals surface area contributed by atoms with Crippen molar-refractivity contribution in [3.8, 4) is 5.75 Å². The second-order valence-corrected chi connectivity index (χ2v) is 10.1. The Bertz CT molecular complexity index is 930. The molecule has 0 aliphatic carbocycles. The third-order valence-electron chi connectivity index (χ3n) is 6.94. The standard InChI is InChI=1S/C26H33Cl2N3O3/c1-33-26(32)25(16-20-4-2-3-11-29-20)31-14-7-19(8-15-31)18-30-12-9-21(10-13-30)34-22-5-6-23(27)24(28)17-22/h2-6,11,17,19,21,25H,7-10,12-16,18H2,1H3/t25-/m0/s1. The maximum absolute atomic E-state index is 12.5. The highest BCUT2D eigenvalue weighted by atomic mass is 35.5. The molecule has 1 aromatic carbocycles. The Hall–Kier alpha value is -1.86. The molecule has 0 radical (unpaired) electrons. The molecular weight excluding hydrogens is 473 g/mol. The predicted molar refractivity (Wildman–Crippen MR) is 135 cm³/mol. The number of hydrogen-bond donors (Lipinski definition) is 0. The fourth-order valence-electron chi connectivity index (χ4n) is 4.98. The monoisotopic (exact) mass is 505 g/mol. The van der Waals surface area contributed by atoms with E-state index in [1.807, 2.05) is 24.3 Å². The fourth-order valence-corrected chi connectivity index (χ4v) is 5.27. The van der Waals surface area contributed by atoms with E-state index in [-0.39, 0.29) is 18.1 Å². The van der Waals surface area contributed by atoms with Gasteiger partial charge >= 0.3 is 5.97 Å². The molecule has 0 N–H and O–H groups in total. The van der Waals surface area contributed by atoms with Crippen molar-refractivity contribution in [2.45, 2.75) is 44.2 Å². The minimum Gasteiger partial charge on any atom is -0.490 e. The minimum atomic E-state index is -0.268. The summed E-state index contributed by atoms with van der Waals surface area (Å²) in [6.45, 7) is 5.01. The quantitative estimate of drug-likeness (QED) is 0.483. The molecule has 0 bridgehead atoms. The summed E-state index contributed by atoms with van der Waals surface area (Å²) in [5.74, 6) is 1.26. The van der Waals surface area contributed by atoms with Crippen molar-refractivity contribution in [3.05, 3.63) is 58.3 Å². The van der Waals surface area contributed by atoms with Gasteiger partial charge in [0.25, 0.3) is 0 Å². The zero-order chi connectivity index (χ0) is 23.9. The summed E-state index contributed by atoms with van der Waals surface area (Å²) < 4.78 is 11.2. The van der Waals surface area contributed by atoms with Gasteiger partial charge in [-0.15, -0.1) is 0 Å². The summed E-state index contributed by atoms with van der Waals surface area (Å²) in [5, 5.41) is 1.07. The van der Waals surface area contributed by atoms with E-state index >= 15 is 0 Å². The van der Waals surface area contributed by atoms with Crippen LogP contribution in [0.3, 0.4) is 0 Å². The van der Waals surface area contributed by atoms with Crippen molar-refractivity contribution in [1.29, 1.82) is 0 Å². The number of carbonyl (C=O) groups excluding carboxylic acids is 1. The number of carbonyl (C=O) groups is 1. The second-order valence-electron chi connectivity index (χ2n) is 9.24. The number of aromatic nitrogens is 1. The lowest BCUT2D eigenvalue weighted by molar-refractivity contribution is -0.147. The van der Waals surface area contributed by atoms with Crippen molar-refractivity contribution in [2.75, 3.05) is 39.8 Å². The largest absolute Gasteiger partial charge is 0.490 e. The smallest absolute Gasteiger partial charge is 0.323 e. The van der Waals surface area contributed by atoms with Gasteiger partial charge in [-0.3, -0.25) is 14.7 Å². The van der Waals surface area contributed by atoms with E-state index in [0.29, 0.717) is 22.4 Å². The van der Waals surface area contributed by atoms with Crippen LogP contribution in [-0.2, 0) is 16.0 Å². The van der Waals surface area contributed by atoms with E-state index in [1.54, 1.807) is 18.3 Å². The molecule has 0 amide bonds. The summed E-state index contributed by atoms with van der Waals surface area (Å²) in [6.07, 6.45) is 6.77. The maximum Gasteiger partial charge on any atom is 0.323 e. The van der Waals surface area contributed by atoms with Crippen molar-refractivity contribution in [1.82, 2.24) is 14.8 Å². The van der Waals surface area contributed by atoms with Gasteiger partial charge in [-0.05, 0) is 69.0 Å². The van der Waals surface area contributed by atoms with Crippen LogP contribution in [0.5, 0.6) is 5.75 Å². The van der Waals surface area contributed by atoms with E-state index in [0.717, 1.165) is 69.9 Å². The molecule has 0 spiro atoms. The van der Waals surface area contributed by atoms with Gasteiger partial charge in [0.2, 0.25) is 0 Å². The van der Waals surface area contributed by atoms with Gasteiger partial charge in [0, 0.05) is 44.0 Å². The van der Waals surface area contributed by atoms with Gasteiger partial charge in [-0.2, -0.15) is 0 Å². The van der Waals surface area contributed by atoms with Crippen molar-refractivity contribution in [2.24, 2.45) is 5.92 Å². The normalized spacial score (nSPS) is 19.6. The summed E-state index contributed by atoms with van der Waals surface area (Å²) >= 11 is 12.1. The molecule has 2 fully saturated rings. The maximum atomic E-state index is 12.5. The third-order valence-corrected chi connectivity index (χ3v) is 7.68. The highest BCUT2D eigenvalue weighted by Gasteiger charge is 2.32. The number of rotatable bonds is 8. The molecule has 2 saturated heterocycles. The van der Waals surface area contributed by atoms with Gasteiger partial charge in [-0.1, -0.05) is 29.3 Å². The lowest BCUT2D eigenvalue weighted by atomic mass is 9.93. The average Bonchev–Trinajstić information content (AvgIpc) is 2.87. The van der Waals surface area contributed by atoms with Crippen LogP contribution in [0.1, 0.15) is 31.4 Å². The van der Waals surface area contributed by atoms with Gasteiger partial charge in [0.1, 0.15) is 17.9 Å². The lowest BCUT2D eigenvalue weighted by Gasteiger charge is -2.39. The first kappa shape index (κ1) is 25.2. The van der Waals surface area contributed by atoms with Gasteiger partial charge in [0.05, 0.1) is 17.2 Å². The molecule has 34 heavy (non-hydrogen) atoms. The lowest BCUT2D eigenvalue weighted by Crippen LogP contribution is -2.49. The van der Waals surface area contributed by atoms with Crippen LogP contribution in [0.15, 0.2) is 42.6 Å². The number of benzene rings is 1. The molecule has 0 unspecified atom stereocenters. The Morgan fingerprint density at radius 1 is 1.06 bits per heavy atom. The minimum absolute atomic E-state index is 0.173. The first-order valence-electron chi connectivity index (χ1n) is 12.1. The van der Waals surface area contributed by atoms with E-state index < -0.39 is 0 Å². The van der Waals surface area contributed by atoms with Crippen molar-refractivity contribution < 1.29 is 14.3 Å². The highest BCUT2D eigenvalue weighted by molar-refractivity contribution is 6.42. The summed E-state index contributed by atoms with van der Waals surface area (Å²) in [5.41, 5.74) is 0.922. The third kappa shape index (κ3) is 6.85. The SMILES string of the molecule is COC(=O)[C@H](Cc1ccccn1)N1CCC(CN2CCC(Oc3ccc(Cl)c(Cl)c3)CC2)CC1. The predicted octanol–water partition coefficient (Wildman–Crippen LogP) is 4.73. The number of methoxy groups -OCH3 is 1. The first-order valence-corrected chi connectivity index (χ1v) is 12.8. The molecular formula is C26H33Cl2N3O3. The molecule has 184 valence electrons. The molecule has 4 rings (SSSR count). The number of piperidine rings is 2. The molecule has 1 aromatic heterocycles. The van der Waals surface area contributed by atoms with E-state index in [2.05, 4.69) is 14.8 Å². The van der Waals surface area contributed by atoms with Crippen LogP contribution in [0.2, 0.25) is 10.0 Å². The topological polar surface area (TPSA) is 54.9 Å². The number of nitrogens with zero attached hydrogens (tertiary/aromatic N) is 3. The molecule has 2 aliphatic rings. The zero-order valence-corrected chi connectivity index (χ0v) is 21.2. The van der Waals surface area contributed by atoms with E-state index in [1.165, 1.54) is 7.11 Å². The summed E-state index contributed by atoms with van der Waals surface area (Å²) in [6, 6.07) is 11.0. The second kappa shape index (κ2) is 12.2. The molecule has 0 saturated carbocycles. The van der Waals surface area contributed by atoms with Crippen LogP contribution in [0, 0.1) is 5.92 Å². The number of likely N-dealkylation sites (tertiary alicyclic amines) is 2. The Kier molecular flexibility index (Phi) is 9.06. The van der Waals surface area contributed by atoms with Gasteiger partial charge < -0.3 is 14.4 Å². The Morgan fingerprint density at radius 3 is 2.47 bits per heavy atom. The fraction of sp³-hybridized carbons (Fsp3) is 0.538. The first-order chi connectivity index (χ1) is 16.5. The van der Waals surface area contributed by atoms with Crippen molar-refractivity contribution in [3.63, 3.8) is 0 Å². The average molecular weight is 506 g/mol. The van der Waals surface area contributed by atoms with Crippen LogP contribution < -0.4 is 4.74 Å². The number of esters is 1. The summed E-state index contributed by atoms with van der Waals surface area (Å²) in [7, 11) is 1.47. The van der Waals surface area contributed by atoms with Gasteiger partial charge in [-0.25, -0.2) is 0 Å². The highest BCUT2D eigenvalue weighted by Crippen LogP contribution is 2.29. The van der Waals surface area contributed by atoms with Crippen molar-refractivity contribution >= 4 is 29.2 Å². The molecule has 2 aromatic rings. The Balaban J connectivity index is 1.21. The van der Waals surface area contributed by atoms with E-state index in [9.17, 15) is 4.79 Å². The Labute approximate surface area is 212 Å². The Morgan fingerprint density at radius 2 is 1.82 bits per heavy atom. The van der Waals surface area contributed by atoms with Crippen LogP contribution >= 0.6 is 23.2 Å². The number of hydrogen-bond acceptors (Lipinski definition) is 6. The van der Waals surface area contributed by atoms with Crippen LogP contribution in [-0.4, -0.2) is 72.7 Å². The molecule has 3 heterocycles. The molecule has 6 nitrogen and oxygen atoms in total. The number of ether oxygens (including phenoxy) is 2.